The van der Waals surface area contributed by atoms with Crippen LogP contribution >= 0.6 is 11.3 Å². The molecular weight excluding hydrogens is 222 g/mol. The van der Waals surface area contributed by atoms with Gasteiger partial charge in [-0.25, -0.2) is 4.98 Å². The molecular formula is C11H13N3OS. The van der Waals surface area contributed by atoms with E-state index in [1.807, 2.05) is 18.2 Å². The summed E-state index contributed by atoms with van der Waals surface area (Å²) < 4.78 is 1.05. The SMILES string of the molecule is CC(C)(N)C(=O)Nc1ccc2ncsc2c1. The molecule has 0 saturated heterocycles. The summed E-state index contributed by atoms with van der Waals surface area (Å²) >= 11 is 1.54. The summed E-state index contributed by atoms with van der Waals surface area (Å²) in [7, 11) is 0. The van der Waals surface area contributed by atoms with Gasteiger partial charge < -0.3 is 11.1 Å². The van der Waals surface area contributed by atoms with Gasteiger partial charge in [-0.15, -0.1) is 11.3 Å². The molecule has 16 heavy (non-hydrogen) atoms. The third-order valence-electron chi connectivity index (χ3n) is 2.17. The molecule has 0 fully saturated rings. The van der Waals surface area contributed by atoms with Gasteiger partial charge in [-0.05, 0) is 32.0 Å². The molecule has 0 aliphatic rings. The Balaban J connectivity index is 2.24. The molecule has 0 radical (unpaired) electrons. The van der Waals surface area contributed by atoms with Crippen molar-refractivity contribution in [2.75, 3.05) is 5.32 Å². The van der Waals surface area contributed by atoms with Gasteiger partial charge in [0.2, 0.25) is 5.91 Å². The molecule has 0 bridgehead atoms. The lowest BCUT2D eigenvalue weighted by molar-refractivity contribution is -0.120. The lowest BCUT2D eigenvalue weighted by Crippen LogP contribution is -2.45. The van der Waals surface area contributed by atoms with E-state index in [0.29, 0.717) is 0 Å². The van der Waals surface area contributed by atoms with Crippen molar-refractivity contribution in [2.24, 2.45) is 5.73 Å². The number of amides is 1. The molecule has 1 amide bonds. The van der Waals surface area contributed by atoms with E-state index in [2.05, 4.69) is 10.3 Å². The van der Waals surface area contributed by atoms with Crippen molar-refractivity contribution < 1.29 is 4.79 Å². The molecule has 1 aromatic carbocycles. The van der Waals surface area contributed by atoms with Gasteiger partial charge in [0.05, 0.1) is 21.3 Å². The number of benzene rings is 1. The van der Waals surface area contributed by atoms with Crippen molar-refractivity contribution >= 4 is 33.1 Å². The van der Waals surface area contributed by atoms with Crippen LogP contribution in [0, 0.1) is 0 Å². The first-order valence-electron chi connectivity index (χ1n) is 4.90. The van der Waals surface area contributed by atoms with Gasteiger partial charge >= 0.3 is 0 Å². The summed E-state index contributed by atoms with van der Waals surface area (Å²) in [6, 6.07) is 5.60. The lowest BCUT2D eigenvalue weighted by Gasteiger charge is -2.17. The van der Waals surface area contributed by atoms with Crippen LogP contribution in [0.2, 0.25) is 0 Å². The van der Waals surface area contributed by atoms with Crippen LogP contribution in [0.15, 0.2) is 23.7 Å². The lowest BCUT2D eigenvalue weighted by atomic mass is 10.1. The molecule has 2 rings (SSSR count). The number of nitrogens with zero attached hydrogens (tertiary/aromatic N) is 1. The van der Waals surface area contributed by atoms with E-state index in [1.54, 1.807) is 30.7 Å². The van der Waals surface area contributed by atoms with Gasteiger partial charge in [-0.3, -0.25) is 4.79 Å². The van der Waals surface area contributed by atoms with Crippen molar-refractivity contribution in [1.29, 1.82) is 0 Å². The number of hydrogen-bond donors (Lipinski definition) is 2. The zero-order chi connectivity index (χ0) is 11.8. The molecule has 84 valence electrons. The van der Waals surface area contributed by atoms with E-state index >= 15 is 0 Å². The number of hydrogen-bond acceptors (Lipinski definition) is 4. The first-order valence-corrected chi connectivity index (χ1v) is 5.78. The second-order valence-corrected chi connectivity index (χ2v) is 5.10. The number of rotatable bonds is 2. The molecule has 2 aromatic rings. The van der Waals surface area contributed by atoms with Crippen LogP contribution in [0.5, 0.6) is 0 Å². The molecule has 0 atom stereocenters. The first kappa shape index (κ1) is 11.0. The first-order chi connectivity index (χ1) is 7.47. The fraction of sp³-hybridized carbons (Fsp3) is 0.273. The van der Waals surface area contributed by atoms with Crippen LogP contribution in [0.4, 0.5) is 5.69 Å². The van der Waals surface area contributed by atoms with Gasteiger partial charge in [-0.1, -0.05) is 0 Å². The minimum absolute atomic E-state index is 0.198. The number of thiazole rings is 1. The Morgan fingerprint density at radius 3 is 2.94 bits per heavy atom. The van der Waals surface area contributed by atoms with E-state index in [1.165, 1.54) is 0 Å². The number of nitrogens with two attached hydrogens (primary N) is 1. The molecule has 1 heterocycles. The molecule has 3 N–H and O–H groups in total. The van der Waals surface area contributed by atoms with E-state index in [0.717, 1.165) is 15.9 Å². The Labute approximate surface area is 97.5 Å². The van der Waals surface area contributed by atoms with Gasteiger partial charge in [-0.2, -0.15) is 0 Å². The van der Waals surface area contributed by atoms with Crippen LogP contribution < -0.4 is 11.1 Å². The highest BCUT2D eigenvalue weighted by Crippen LogP contribution is 2.22. The third-order valence-corrected chi connectivity index (χ3v) is 2.97. The summed E-state index contributed by atoms with van der Waals surface area (Å²) in [6.45, 7) is 3.35. The maximum Gasteiger partial charge on any atom is 0.243 e. The van der Waals surface area contributed by atoms with Gasteiger partial charge in [0, 0.05) is 5.69 Å². The number of carbonyl (C=O) groups is 1. The smallest absolute Gasteiger partial charge is 0.243 e. The Morgan fingerprint density at radius 2 is 2.25 bits per heavy atom. The Kier molecular flexibility index (Phi) is 2.65. The molecule has 0 aliphatic heterocycles. The summed E-state index contributed by atoms with van der Waals surface area (Å²) in [4.78, 5) is 15.8. The highest BCUT2D eigenvalue weighted by Gasteiger charge is 2.21. The average Bonchev–Trinajstić information content (AvgIpc) is 2.63. The molecule has 4 nitrogen and oxygen atoms in total. The second-order valence-electron chi connectivity index (χ2n) is 4.21. The largest absolute Gasteiger partial charge is 0.324 e. The Hall–Kier alpha value is -1.46. The molecule has 0 aliphatic carbocycles. The summed E-state index contributed by atoms with van der Waals surface area (Å²) in [5.41, 5.74) is 8.30. The standard InChI is InChI=1S/C11H13N3OS/c1-11(2,12)10(15)14-7-3-4-8-9(5-7)16-6-13-8/h3-6H,12H2,1-2H3,(H,14,15). The Morgan fingerprint density at radius 1 is 1.50 bits per heavy atom. The minimum atomic E-state index is -0.872. The average molecular weight is 235 g/mol. The topological polar surface area (TPSA) is 68.0 Å². The second kappa shape index (κ2) is 3.84. The molecule has 0 spiro atoms. The number of aromatic nitrogens is 1. The molecule has 1 aromatic heterocycles. The number of anilines is 1. The third kappa shape index (κ3) is 2.20. The van der Waals surface area contributed by atoms with Crippen LogP contribution in [0.3, 0.4) is 0 Å². The van der Waals surface area contributed by atoms with E-state index < -0.39 is 5.54 Å². The zero-order valence-electron chi connectivity index (χ0n) is 9.15. The fourth-order valence-electron chi connectivity index (χ4n) is 1.23. The van der Waals surface area contributed by atoms with E-state index in [9.17, 15) is 4.79 Å². The van der Waals surface area contributed by atoms with Gasteiger partial charge in [0.15, 0.2) is 0 Å². The van der Waals surface area contributed by atoms with Crippen molar-refractivity contribution in [2.45, 2.75) is 19.4 Å². The summed E-state index contributed by atoms with van der Waals surface area (Å²) in [6.07, 6.45) is 0. The number of fused-ring (bicyclic) bond motifs is 1. The Bertz CT molecular complexity index is 527. The van der Waals surface area contributed by atoms with Crippen LogP contribution in [-0.2, 0) is 4.79 Å². The number of nitrogens with one attached hydrogen (secondary N) is 1. The van der Waals surface area contributed by atoms with Gasteiger partial charge in [0.25, 0.3) is 0 Å². The number of carbonyl (C=O) groups excluding carboxylic acids is 1. The quantitative estimate of drug-likeness (QED) is 0.836. The van der Waals surface area contributed by atoms with Crippen molar-refractivity contribution in [1.82, 2.24) is 4.98 Å². The van der Waals surface area contributed by atoms with Crippen LogP contribution in [0.1, 0.15) is 13.8 Å². The highest BCUT2D eigenvalue weighted by molar-refractivity contribution is 7.16. The monoisotopic (exact) mass is 235 g/mol. The molecule has 0 saturated carbocycles. The maximum atomic E-state index is 11.7. The van der Waals surface area contributed by atoms with Crippen molar-refractivity contribution in [3.8, 4) is 0 Å². The predicted octanol–water partition coefficient (Wildman–Crippen LogP) is 1.97. The molecule has 5 heteroatoms. The zero-order valence-corrected chi connectivity index (χ0v) is 9.97. The van der Waals surface area contributed by atoms with Crippen molar-refractivity contribution in [3.63, 3.8) is 0 Å². The van der Waals surface area contributed by atoms with Gasteiger partial charge in [0.1, 0.15) is 0 Å². The minimum Gasteiger partial charge on any atom is -0.324 e. The van der Waals surface area contributed by atoms with E-state index in [-0.39, 0.29) is 5.91 Å². The van der Waals surface area contributed by atoms with Crippen LogP contribution in [0.25, 0.3) is 10.2 Å². The van der Waals surface area contributed by atoms with Crippen LogP contribution in [-0.4, -0.2) is 16.4 Å². The highest BCUT2D eigenvalue weighted by atomic mass is 32.1. The predicted molar refractivity (Wildman–Crippen MR) is 66.5 cm³/mol. The summed E-state index contributed by atoms with van der Waals surface area (Å²) in [5, 5.41) is 2.78. The maximum absolute atomic E-state index is 11.7. The van der Waals surface area contributed by atoms with E-state index in [4.69, 9.17) is 5.73 Å². The fourth-order valence-corrected chi connectivity index (χ4v) is 1.94. The van der Waals surface area contributed by atoms with Crippen molar-refractivity contribution in [3.05, 3.63) is 23.7 Å². The summed E-state index contributed by atoms with van der Waals surface area (Å²) in [5.74, 6) is -0.198. The molecule has 0 unspecified atom stereocenters. The normalized spacial score (nSPS) is 11.7.